The molecule has 0 radical (unpaired) electrons. The van der Waals surface area contributed by atoms with Crippen LogP contribution in [0.15, 0.2) is 0 Å². The number of rotatable bonds is 3. The van der Waals surface area contributed by atoms with E-state index in [9.17, 15) is 4.79 Å². The first-order chi connectivity index (χ1) is 9.33. The molecule has 0 aromatic rings. The molecule has 0 bridgehead atoms. The maximum absolute atomic E-state index is 12.1. The van der Waals surface area contributed by atoms with Crippen molar-refractivity contribution in [2.45, 2.75) is 50.3 Å². The van der Waals surface area contributed by atoms with E-state index in [1.165, 1.54) is 0 Å². The lowest BCUT2D eigenvalue weighted by atomic mass is 9.81. The topological polar surface area (TPSA) is 59.6 Å². The molecule has 2 saturated heterocycles. The van der Waals surface area contributed by atoms with E-state index in [2.05, 4.69) is 10.6 Å². The van der Waals surface area contributed by atoms with Gasteiger partial charge in [-0.2, -0.15) is 0 Å². The van der Waals surface area contributed by atoms with Crippen LogP contribution in [0.5, 0.6) is 0 Å². The SMILES string of the molecule is O=C(CC1COCCN1)NC1CCCC2OCCC12. The van der Waals surface area contributed by atoms with Crippen LogP contribution in [0, 0.1) is 5.92 Å². The maximum atomic E-state index is 12.1. The number of ether oxygens (including phenoxy) is 2. The van der Waals surface area contributed by atoms with Crippen LogP contribution in [0.2, 0.25) is 0 Å². The number of fused-ring (bicyclic) bond motifs is 1. The molecule has 5 nitrogen and oxygen atoms in total. The van der Waals surface area contributed by atoms with Gasteiger partial charge in [0.05, 0.1) is 19.3 Å². The van der Waals surface area contributed by atoms with E-state index in [0.717, 1.165) is 45.4 Å². The molecule has 4 unspecified atom stereocenters. The Kier molecular flexibility index (Phi) is 4.35. The number of morpholine rings is 1. The largest absolute Gasteiger partial charge is 0.378 e. The van der Waals surface area contributed by atoms with Gasteiger partial charge >= 0.3 is 0 Å². The minimum Gasteiger partial charge on any atom is -0.378 e. The van der Waals surface area contributed by atoms with E-state index in [-0.39, 0.29) is 11.9 Å². The monoisotopic (exact) mass is 268 g/mol. The van der Waals surface area contributed by atoms with Crippen molar-refractivity contribution in [3.63, 3.8) is 0 Å². The van der Waals surface area contributed by atoms with Crippen molar-refractivity contribution in [1.29, 1.82) is 0 Å². The van der Waals surface area contributed by atoms with Gasteiger partial charge in [-0.15, -0.1) is 0 Å². The van der Waals surface area contributed by atoms with Gasteiger partial charge in [0.15, 0.2) is 0 Å². The van der Waals surface area contributed by atoms with E-state index < -0.39 is 0 Å². The molecule has 3 aliphatic rings. The van der Waals surface area contributed by atoms with E-state index in [0.29, 0.717) is 31.1 Å². The fourth-order valence-corrected chi connectivity index (χ4v) is 3.60. The van der Waals surface area contributed by atoms with Crippen LogP contribution < -0.4 is 10.6 Å². The smallest absolute Gasteiger partial charge is 0.221 e. The molecule has 5 heteroatoms. The van der Waals surface area contributed by atoms with Crippen molar-refractivity contribution < 1.29 is 14.3 Å². The molecule has 3 rings (SSSR count). The van der Waals surface area contributed by atoms with Crippen LogP contribution in [0.25, 0.3) is 0 Å². The summed E-state index contributed by atoms with van der Waals surface area (Å²) in [5.41, 5.74) is 0. The first-order valence-electron chi connectivity index (χ1n) is 7.55. The fraction of sp³-hybridized carbons (Fsp3) is 0.929. The molecular formula is C14H24N2O3. The summed E-state index contributed by atoms with van der Waals surface area (Å²) in [5.74, 6) is 0.689. The molecule has 0 spiro atoms. The van der Waals surface area contributed by atoms with E-state index in [1.807, 2.05) is 0 Å². The second kappa shape index (κ2) is 6.20. The molecule has 2 N–H and O–H groups in total. The van der Waals surface area contributed by atoms with Crippen molar-refractivity contribution in [1.82, 2.24) is 10.6 Å². The zero-order chi connectivity index (χ0) is 13.1. The zero-order valence-electron chi connectivity index (χ0n) is 11.4. The second-order valence-corrected chi connectivity index (χ2v) is 5.90. The molecule has 0 aromatic carbocycles. The second-order valence-electron chi connectivity index (χ2n) is 5.90. The normalized spacial score (nSPS) is 38.7. The van der Waals surface area contributed by atoms with Gasteiger partial charge in [0.25, 0.3) is 0 Å². The van der Waals surface area contributed by atoms with Crippen molar-refractivity contribution in [3.8, 4) is 0 Å². The van der Waals surface area contributed by atoms with E-state index >= 15 is 0 Å². The summed E-state index contributed by atoms with van der Waals surface area (Å²) in [6.07, 6.45) is 5.43. The van der Waals surface area contributed by atoms with Crippen molar-refractivity contribution >= 4 is 5.91 Å². The summed E-state index contributed by atoms with van der Waals surface area (Å²) in [7, 11) is 0. The Bertz CT molecular complexity index is 318. The molecule has 2 heterocycles. The first-order valence-corrected chi connectivity index (χ1v) is 7.55. The van der Waals surface area contributed by atoms with Crippen LogP contribution in [-0.4, -0.2) is 50.5 Å². The lowest BCUT2D eigenvalue weighted by molar-refractivity contribution is -0.123. The summed E-state index contributed by atoms with van der Waals surface area (Å²) in [6, 6.07) is 0.492. The molecule has 0 aromatic heterocycles. The minimum absolute atomic E-state index is 0.153. The van der Waals surface area contributed by atoms with Crippen molar-refractivity contribution in [2.75, 3.05) is 26.4 Å². The molecule has 2 aliphatic heterocycles. The van der Waals surface area contributed by atoms with Crippen molar-refractivity contribution in [2.24, 2.45) is 5.92 Å². The molecule has 4 atom stereocenters. The number of carbonyl (C=O) groups is 1. The minimum atomic E-state index is 0.153. The summed E-state index contributed by atoms with van der Waals surface area (Å²) >= 11 is 0. The standard InChI is InChI=1S/C14H24N2O3/c17-14(8-10-9-18-7-5-15-10)16-12-2-1-3-13-11(12)4-6-19-13/h10-13,15H,1-9H2,(H,16,17). The van der Waals surface area contributed by atoms with Gasteiger partial charge in [0.1, 0.15) is 0 Å². The quantitative estimate of drug-likeness (QED) is 0.780. The molecule has 3 fully saturated rings. The third-order valence-electron chi connectivity index (χ3n) is 4.56. The Labute approximate surface area is 114 Å². The summed E-state index contributed by atoms with van der Waals surface area (Å²) < 4.78 is 11.1. The summed E-state index contributed by atoms with van der Waals surface area (Å²) in [6.45, 7) is 3.11. The molecular weight excluding hydrogens is 244 g/mol. The average Bonchev–Trinajstić information content (AvgIpc) is 2.89. The van der Waals surface area contributed by atoms with Gasteiger partial charge < -0.3 is 20.1 Å². The highest BCUT2D eigenvalue weighted by molar-refractivity contribution is 5.77. The molecule has 1 saturated carbocycles. The maximum Gasteiger partial charge on any atom is 0.221 e. The Morgan fingerprint density at radius 2 is 2.21 bits per heavy atom. The van der Waals surface area contributed by atoms with E-state index in [4.69, 9.17) is 9.47 Å². The fourth-order valence-electron chi connectivity index (χ4n) is 3.60. The number of hydrogen-bond donors (Lipinski definition) is 2. The molecule has 1 amide bonds. The highest BCUT2D eigenvalue weighted by Crippen LogP contribution is 2.34. The molecule has 108 valence electrons. The Morgan fingerprint density at radius 1 is 1.26 bits per heavy atom. The third-order valence-corrected chi connectivity index (χ3v) is 4.56. The van der Waals surface area contributed by atoms with Crippen LogP contribution in [0.4, 0.5) is 0 Å². The van der Waals surface area contributed by atoms with Gasteiger partial charge in [-0.1, -0.05) is 0 Å². The van der Waals surface area contributed by atoms with Gasteiger partial charge in [-0.25, -0.2) is 0 Å². The number of hydrogen-bond acceptors (Lipinski definition) is 4. The lowest BCUT2D eigenvalue weighted by Gasteiger charge is -2.33. The van der Waals surface area contributed by atoms with E-state index in [1.54, 1.807) is 0 Å². The van der Waals surface area contributed by atoms with Gasteiger partial charge in [-0.3, -0.25) is 4.79 Å². The number of amides is 1. The van der Waals surface area contributed by atoms with Crippen LogP contribution in [0.1, 0.15) is 32.1 Å². The molecule has 19 heavy (non-hydrogen) atoms. The number of nitrogens with one attached hydrogen (secondary N) is 2. The van der Waals surface area contributed by atoms with Crippen LogP contribution >= 0.6 is 0 Å². The zero-order valence-corrected chi connectivity index (χ0v) is 11.4. The average molecular weight is 268 g/mol. The molecule has 1 aliphatic carbocycles. The van der Waals surface area contributed by atoms with Crippen molar-refractivity contribution in [3.05, 3.63) is 0 Å². The first kappa shape index (κ1) is 13.3. The van der Waals surface area contributed by atoms with Crippen LogP contribution in [-0.2, 0) is 14.3 Å². The summed E-state index contributed by atoms with van der Waals surface area (Å²) in [4.78, 5) is 12.1. The highest BCUT2D eigenvalue weighted by atomic mass is 16.5. The Hall–Kier alpha value is -0.650. The highest BCUT2D eigenvalue weighted by Gasteiger charge is 2.38. The lowest BCUT2D eigenvalue weighted by Crippen LogP contribution is -2.49. The van der Waals surface area contributed by atoms with Gasteiger partial charge in [-0.05, 0) is 25.7 Å². The van der Waals surface area contributed by atoms with Gasteiger partial charge in [0.2, 0.25) is 5.91 Å². The van der Waals surface area contributed by atoms with Gasteiger partial charge in [0, 0.05) is 37.6 Å². The Morgan fingerprint density at radius 3 is 3.05 bits per heavy atom. The third kappa shape index (κ3) is 3.27. The summed E-state index contributed by atoms with van der Waals surface area (Å²) in [5, 5.41) is 6.55. The Balaban J connectivity index is 1.48. The van der Waals surface area contributed by atoms with Crippen LogP contribution in [0.3, 0.4) is 0 Å². The number of carbonyl (C=O) groups excluding carboxylic acids is 1. The predicted octanol–water partition coefficient (Wildman–Crippen LogP) is 0.439. The predicted molar refractivity (Wildman–Crippen MR) is 70.9 cm³/mol.